The molecule has 2 N–H and O–H groups in total. The number of hydrogen-bond acceptors (Lipinski definition) is 1. The van der Waals surface area contributed by atoms with Crippen molar-refractivity contribution >= 4 is 6.16 Å². The molecule has 0 saturated carbocycles. The van der Waals surface area contributed by atoms with Crippen molar-refractivity contribution < 1.29 is 27.7 Å². The molecule has 0 fully saturated rings. The summed E-state index contributed by atoms with van der Waals surface area (Å²) in [4.78, 5) is 8.56. The van der Waals surface area contributed by atoms with Crippen LogP contribution in [0.25, 0.3) is 0 Å². The number of rotatable bonds is 0. The first kappa shape index (κ1) is 30.6. The van der Waals surface area contributed by atoms with Crippen LogP contribution >= 0.6 is 0 Å². The average Bonchev–Trinajstić information content (AvgIpc) is 1.98. The van der Waals surface area contributed by atoms with Crippen molar-refractivity contribution in [2.24, 2.45) is 5.73 Å². The second kappa shape index (κ2) is 90.5. The third kappa shape index (κ3) is 2620000. The molecule has 4 heteroatoms. The van der Waals surface area contributed by atoms with Crippen molar-refractivity contribution in [2.45, 2.75) is 41.5 Å². The van der Waals surface area contributed by atoms with Gasteiger partial charge in [0.25, 0.3) is 0 Å². The predicted octanol–water partition coefficient (Wildman–Crippen LogP) is 3.11. The molecule has 0 aromatic carbocycles. The Balaban J connectivity index is -0.0000000152. The maximum atomic E-state index is 10.1. The second-order valence-corrected chi connectivity index (χ2v) is 0.304. The third-order valence-corrected chi connectivity index (χ3v) is 0. The molecule has 0 atom stereocenters. The molecule has 0 aromatic heterocycles. The molecule has 0 aliphatic rings. The largest absolute Gasteiger partial charge is 0.394 e. The molecule has 0 aliphatic heterocycles. The number of nitrogens with two attached hydrogens (primary N) is 1. The van der Waals surface area contributed by atoms with E-state index in [0.717, 1.165) is 0 Å². The van der Waals surface area contributed by atoms with Crippen LogP contribution < -0.4 is 5.73 Å². The van der Waals surface area contributed by atoms with Crippen LogP contribution in [0.1, 0.15) is 41.5 Å². The summed E-state index contributed by atoms with van der Waals surface area (Å²) in [6.45, 7) is 12.0. The first-order valence-corrected chi connectivity index (χ1v) is 3.68. The van der Waals surface area contributed by atoms with Gasteiger partial charge in [-0.15, -0.1) is 4.39 Å². The van der Waals surface area contributed by atoms with Crippen LogP contribution in [0.4, 0.5) is 9.18 Å². The van der Waals surface area contributed by atoms with Gasteiger partial charge in [-0.3, -0.25) is 0 Å². The first-order chi connectivity index (χ1) is 4.73. The van der Waals surface area contributed by atoms with E-state index in [1.165, 1.54) is 0 Å². The van der Waals surface area contributed by atoms with Crippen LogP contribution in [0, 0.1) is 0 Å². The van der Waals surface area contributed by atoms with Gasteiger partial charge in [-0.2, -0.15) is 0 Å². The molecule has 0 bridgehead atoms. The monoisotopic (exact) mass is 204 g/mol. The van der Waals surface area contributed by atoms with Crippen molar-refractivity contribution in [1.29, 1.82) is 0 Å². The SMILES string of the molecule is CC.CC.CC.NC(=O)F.[V]. The molecule has 71 valence electrons. The Labute approximate surface area is 81.6 Å². The van der Waals surface area contributed by atoms with E-state index in [4.69, 9.17) is 4.79 Å². The van der Waals surface area contributed by atoms with Crippen molar-refractivity contribution in [3.05, 3.63) is 0 Å². The van der Waals surface area contributed by atoms with Gasteiger partial charge in [-0.25, -0.2) is 4.79 Å². The molecule has 2 nitrogen and oxygen atoms in total. The Morgan fingerprint density at radius 2 is 1.00 bits per heavy atom. The van der Waals surface area contributed by atoms with Gasteiger partial charge in [0.2, 0.25) is 0 Å². The zero-order valence-corrected chi connectivity index (χ0v) is 9.71. The molecule has 1 radical (unpaired) electrons. The Morgan fingerprint density at radius 3 is 1.00 bits per heavy atom. The minimum atomic E-state index is -1.83. The summed E-state index contributed by atoms with van der Waals surface area (Å²) in [5, 5.41) is 0. The summed E-state index contributed by atoms with van der Waals surface area (Å²) >= 11 is 0. The van der Waals surface area contributed by atoms with E-state index in [9.17, 15) is 4.39 Å². The summed E-state index contributed by atoms with van der Waals surface area (Å²) < 4.78 is 10.1. The standard InChI is InChI=1S/3C2H6.CH2FNO.V/c3*1-2;2-1(3)4;/h3*1-2H3;(H2,3,4);. The Bertz CT molecular complexity index is 41.4. The molecular weight excluding hydrogens is 184 g/mol. The number of carbonyl (C=O) groups excluding carboxylic acids is 1. The van der Waals surface area contributed by atoms with Gasteiger partial charge in [-0.05, 0) is 0 Å². The van der Waals surface area contributed by atoms with Gasteiger partial charge in [0.1, 0.15) is 0 Å². The fourth-order valence-electron chi connectivity index (χ4n) is 0. The number of halogens is 1. The fraction of sp³-hybridized carbons (Fsp3) is 0.857. The molecule has 0 spiro atoms. The first-order valence-electron chi connectivity index (χ1n) is 3.68. The molecule has 0 unspecified atom stereocenters. The van der Waals surface area contributed by atoms with Gasteiger partial charge in [0.15, 0.2) is 0 Å². The second-order valence-electron chi connectivity index (χ2n) is 0.304. The summed E-state index contributed by atoms with van der Waals surface area (Å²) in [6, 6.07) is 0. The maximum Gasteiger partial charge on any atom is 0.394 e. The van der Waals surface area contributed by atoms with E-state index in [2.05, 4.69) is 5.73 Å². The van der Waals surface area contributed by atoms with Gasteiger partial charge < -0.3 is 5.73 Å². The molecule has 0 rings (SSSR count). The van der Waals surface area contributed by atoms with Gasteiger partial charge >= 0.3 is 6.16 Å². The fourth-order valence-corrected chi connectivity index (χ4v) is 0. The Hall–Kier alpha value is -0.0156. The van der Waals surface area contributed by atoms with Crippen LogP contribution in [-0.4, -0.2) is 6.16 Å². The molecule has 0 saturated heterocycles. The Morgan fingerprint density at radius 1 is 1.00 bits per heavy atom. The van der Waals surface area contributed by atoms with E-state index in [0.29, 0.717) is 0 Å². The number of amides is 1. The number of primary amides is 1. The minimum absolute atomic E-state index is 0. The molecule has 0 aliphatic carbocycles. The van der Waals surface area contributed by atoms with E-state index in [1.54, 1.807) is 0 Å². The van der Waals surface area contributed by atoms with Crippen LogP contribution in [0.2, 0.25) is 0 Å². The van der Waals surface area contributed by atoms with E-state index in [-0.39, 0.29) is 18.6 Å². The Kier molecular flexibility index (Phi) is 252. The summed E-state index contributed by atoms with van der Waals surface area (Å²) in [7, 11) is 0. The summed E-state index contributed by atoms with van der Waals surface area (Å²) in [5.41, 5.74) is 3.81. The molecule has 0 aromatic rings. The molecular formula is C7H20FNOV. The van der Waals surface area contributed by atoms with E-state index >= 15 is 0 Å². The van der Waals surface area contributed by atoms with Crippen molar-refractivity contribution in [3.63, 3.8) is 0 Å². The van der Waals surface area contributed by atoms with Gasteiger partial charge in [0, 0.05) is 18.6 Å². The third-order valence-electron chi connectivity index (χ3n) is 0. The van der Waals surface area contributed by atoms with Gasteiger partial charge in [0.05, 0.1) is 0 Å². The van der Waals surface area contributed by atoms with Crippen LogP contribution in [-0.2, 0) is 18.6 Å². The zero-order chi connectivity index (χ0) is 9.58. The summed E-state index contributed by atoms with van der Waals surface area (Å²) in [5.74, 6) is 0. The summed E-state index contributed by atoms with van der Waals surface area (Å²) in [6.07, 6.45) is -1.83. The number of hydrogen-bond donors (Lipinski definition) is 1. The molecule has 11 heavy (non-hydrogen) atoms. The zero-order valence-electron chi connectivity index (χ0n) is 8.31. The van der Waals surface area contributed by atoms with Crippen molar-refractivity contribution in [3.8, 4) is 0 Å². The maximum absolute atomic E-state index is 10.1. The van der Waals surface area contributed by atoms with Crippen LogP contribution in [0.5, 0.6) is 0 Å². The average molecular weight is 204 g/mol. The van der Waals surface area contributed by atoms with Crippen molar-refractivity contribution in [2.75, 3.05) is 0 Å². The van der Waals surface area contributed by atoms with Crippen LogP contribution in [0.3, 0.4) is 0 Å². The normalized spacial score (nSPS) is 3.91. The topological polar surface area (TPSA) is 43.1 Å². The van der Waals surface area contributed by atoms with E-state index < -0.39 is 6.16 Å². The molecule has 1 amide bonds. The smallest absolute Gasteiger partial charge is 0.341 e. The van der Waals surface area contributed by atoms with E-state index in [1.807, 2.05) is 41.5 Å². The minimum Gasteiger partial charge on any atom is -0.341 e. The quantitative estimate of drug-likeness (QED) is 0.478. The van der Waals surface area contributed by atoms with Crippen molar-refractivity contribution in [1.82, 2.24) is 0 Å². The van der Waals surface area contributed by atoms with Gasteiger partial charge in [-0.1, -0.05) is 41.5 Å². The molecule has 0 heterocycles. The van der Waals surface area contributed by atoms with Crippen LogP contribution in [0.15, 0.2) is 0 Å². The number of carbonyl (C=O) groups is 1. The predicted molar refractivity (Wildman–Crippen MR) is 44.7 cm³/mol.